The summed E-state index contributed by atoms with van der Waals surface area (Å²) in [6, 6.07) is 10.4. The van der Waals surface area contributed by atoms with Crippen LogP contribution in [-0.4, -0.2) is 24.4 Å². The smallest absolute Gasteiger partial charge is 0.418 e. The van der Waals surface area contributed by atoms with Gasteiger partial charge in [0, 0.05) is 11.1 Å². The van der Waals surface area contributed by atoms with Crippen molar-refractivity contribution in [2.45, 2.75) is 26.9 Å². The summed E-state index contributed by atoms with van der Waals surface area (Å²) in [5.41, 5.74) is -1.63. The van der Waals surface area contributed by atoms with Crippen molar-refractivity contribution in [3.63, 3.8) is 0 Å². The van der Waals surface area contributed by atoms with Crippen LogP contribution in [0.2, 0.25) is 0 Å². The van der Waals surface area contributed by atoms with Crippen LogP contribution in [0.5, 0.6) is 0 Å². The van der Waals surface area contributed by atoms with Gasteiger partial charge >= 0.3 is 12.1 Å². The third-order valence-corrected chi connectivity index (χ3v) is 3.88. The van der Waals surface area contributed by atoms with Crippen LogP contribution in [0.1, 0.15) is 36.7 Å². The highest BCUT2D eigenvalue weighted by Crippen LogP contribution is 2.34. The first kappa shape index (κ1) is 22.9. The molecule has 0 bridgehead atoms. The fourth-order valence-corrected chi connectivity index (χ4v) is 2.28. The van der Waals surface area contributed by atoms with Gasteiger partial charge in [0.25, 0.3) is 5.91 Å². The average Bonchev–Trinajstić information content (AvgIpc) is 2.65. The maximum Gasteiger partial charge on any atom is 0.418 e. The number of carbonyl (C=O) groups is 3. The van der Waals surface area contributed by atoms with Gasteiger partial charge in [0.2, 0.25) is 5.91 Å². The van der Waals surface area contributed by atoms with Gasteiger partial charge in [-0.3, -0.25) is 9.59 Å². The van der Waals surface area contributed by atoms with E-state index in [1.54, 1.807) is 26.8 Å². The van der Waals surface area contributed by atoms with Crippen molar-refractivity contribution in [3.05, 3.63) is 59.7 Å². The van der Waals surface area contributed by atoms with E-state index in [4.69, 9.17) is 4.74 Å². The second-order valence-electron chi connectivity index (χ2n) is 7.45. The molecule has 0 heterocycles. The van der Waals surface area contributed by atoms with Crippen LogP contribution in [-0.2, 0) is 20.5 Å². The summed E-state index contributed by atoms with van der Waals surface area (Å²) in [5, 5.41) is 4.75. The molecule has 6 nitrogen and oxygen atoms in total. The van der Waals surface area contributed by atoms with Crippen LogP contribution in [0.25, 0.3) is 0 Å². The molecule has 0 aliphatic rings. The molecule has 0 saturated heterocycles. The van der Waals surface area contributed by atoms with Crippen LogP contribution in [0, 0.1) is 5.41 Å². The quantitative estimate of drug-likeness (QED) is 0.696. The zero-order valence-electron chi connectivity index (χ0n) is 16.6. The van der Waals surface area contributed by atoms with Crippen molar-refractivity contribution in [1.82, 2.24) is 0 Å². The molecule has 0 fully saturated rings. The van der Waals surface area contributed by atoms with Gasteiger partial charge in [-0.05, 0) is 30.3 Å². The SMILES string of the molecule is CC(C)(C)C(=O)Nc1cccc(C(=O)OCC(=O)Nc2ccccc2C(F)(F)F)c1. The van der Waals surface area contributed by atoms with Crippen molar-refractivity contribution in [1.29, 1.82) is 0 Å². The largest absolute Gasteiger partial charge is 0.452 e. The van der Waals surface area contributed by atoms with Crippen LogP contribution in [0.3, 0.4) is 0 Å². The van der Waals surface area contributed by atoms with E-state index in [2.05, 4.69) is 10.6 Å². The molecular weight excluding hydrogens is 401 g/mol. The molecule has 2 rings (SSSR count). The topological polar surface area (TPSA) is 84.5 Å². The highest BCUT2D eigenvalue weighted by molar-refractivity contribution is 5.98. The molecule has 0 aliphatic heterocycles. The number of alkyl halides is 3. The molecule has 2 aromatic rings. The number of hydrogen-bond donors (Lipinski definition) is 2. The van der Waals surface area contributed by atoms with E-state index in [0.29, 0.717) is 5.69 Å². The summed E-state index contributed by atoms with van der Waals surface area (Å²) in [7, 11) is 0. The lowest BCUT2D eigenvalue weighted by Gasteiger charge is -2.17. The maximum atomic E-state index is 13.0. The Morgan fingerprint density at radius 2 is 1.60 bits per heavy atom. The lowest BCUT2D eigenvalue weighted by Crippen LogP contribution is -2.27. The molecule has 30 heavy (non-hydrogen) atoms. The van der Waals surface area contributed by atoms with Gasteiger partial charge in [0.05, 0.1) is 16.8 Å². The number of anilines is 2. The maximum absolute atomic E-state index is 13.0. The van der Waals surface area contributed by atoms with Gasteiger partial charge in [-0.1, -0.05) is 39.0 Å². The van der Waals surface area contributed by atoms with Gasteiger partial charge in [-0.2, -0.15) is 13.2 Å². The first-order valence-corrected chi connectivity index (χ1v) is 8.92. The standard InChI is InChI=1S/C21H21F3N2O4/c1-20(2,3)19(29)25-14-8-6-7-13(11-14)18(28)30-12-17(27)26-16-10-5-4-9-15(16)21(22,23)24/h4-11H,12H2,1-3H3,(H,25,29)(H,26,27). The van der Waals surface area contributed by atoms with Gasteiger partial charge in [-0.25, -0.2) is 4.79 Å². The van der Waals surface area contributed by atoms with E-state index in [1.165, 1.54) is 30.3 Å². The fraction of sp³-hybridized carbons (Fsp3) is 0.286. The number of para-hydroxylation sites is 1. The third-order valence-electron chi connectivity index (χ3n) is 3.88. The van der Waals surface area contributed by atoms with Crippen LogP contribution >= 0.6 is 0 Å². The van der Waals surface area contributed by atoms with Gasteiger partial charge < -0.3 is 15.4 Å². The molecule has 0 spiro atoms. The fourth-order valence-electron chi connectivity index (χ4n) is 2.28. The molecule has 0 radical (unpaired) electrons. The van der Waals surface area contributed by atoms with Crippen molar-refractivity contribution in [2.24, 2.45) is 5.41 Å². The zero-order chi connectivity index (χ0) is 22.5. The second kappa shape index (κ2) is 8.98. The van der Waals surface area contributed by atoms with Crippen molar-refractivity contribution in [3.8, 4) is 0 Å². The number of ether oxygens (including phenoxy) is 1. The normalized spacial score (nSPS) is 11.5. The summed E-state index contributed by atoms with van der Waals surface area (Å²) < 4.78 is 43.8. The van der Waals surface area contributed by atoms with E-state index >= 15 is 0 Å². The molecule has 2 amide bonds. The Bertz CT molecular complexity index is 950. The molecule has 0 saturated carbocycles. The minimum absolute atomic E-state index is 0.0743. The molecule has 0 unspecified atom stereocenters. The first-order chi connectivity index (χ1) is 13.9. The Hall–Kier alpha value is -3.36. The van der Waals surface area contributed by atoms with E-state index in [-0.39, 0.29) is 11.5 Å². The number of benzene rings is 2. The molecule has 9 heteroatoms. The van der Waals surface area contributed by atoms with Gasteiger partial charge in [0.15, 0.2) is 6.61 Å². The summed E-state index contributed by atoms with van der Waals surface area (Å²) in [4.78, 5) is 36.1. The Labute approximate surface area is 171 Å². The molecule has 2 aromatic carbocycles. The van der Waals surface area contributed by atoms with Crippen molar-refractivity contribution in [2.75, 3.05) is 17.2 Å². The second-order valence-corrected chi connectivity index (χ2v) is 7.45. The summed E-state index contributed by atoms with van der Waals surface area (Å²) in [5.74, 6) is -2.03. The molecule has 2 N–H and O–H groups in total. The molecule has 0 atom stereocenters. The van der Waals surface area contributed by atoms with Crippen molar-refractivity contribution < 1.29 is 32.3 Å². The Kier molecular flexibility index (Phi) is 6.86. The zero-order valence-corrected chi connectivity index (χ0v) is 16.6. The molecular formula is C21H21F3N2O4. The number of halogens is 3. The van der Waals surface area contributed by atoms with E-state index < -0.39 is 41.3 Å². The molecule has 0 aromatic heterocycles. The van der Waals surface area contributed by atoms with Crippen LogP contribution < -0.4 is 10.6 Å². The average molecular weight is 422 g/mol. The van der Waals surface area contributed by atoms with Crippen LogP contribution in [0.4, 0.5) is 24.5 Å². The predicted octanol–water partition coefficient (Wildman–Crippen LogP) is 4.49. The number of rotatable bonds is 5. The van der Waals surface area contributed by atoms with E-state index in [9.17, 15) is 27.6 Å². The lowest BCUT2D eigenvalue weighted by atomic mass is 9.95. The third kappa shape index (κ3) is 6.33. The monoisotopic (exact) mass is 422 g/mol. The van der Waals surface area contributed by atoms with Crippen LogP contribution in [0.15, 0.2) is 48.5 Å². The predicted molar refractivity (Wildman–Crippen MR) is 105 cm³/mol. The Morgan fingerprint density at radius 1 is 0.933 bits per heavy atom. The van der Waals surface area contributed by atoms with Gasteiger partial charge in [0.1, 0.15) is 0 Å². The number of amides is 2. The molecule has 160 valence electrons. The summed E-state index contributed by atoms with van der Waals surface area (Å²) in [6.45, 7) is 4.42. The number of esters is 1. The van der Waals surface area contributed by atoms with Gasteiger partial charge in [-0.15, -0.1) is 0 Å². The number of carbonyl (C=O) groups excluding carboxylic acids is 3. The summed E-state index contributed by atoms with van der Waals surface area (Å²) in [6.07, 6.45) is -4.64. The highest BCUT2D eigenvalue weighted by atomic mass is 19.4. The van der Waals surface area contributed by atoms with Crippen molar-refractivity contribution >= 4 is 29.2 Å². The highest BCUT2D eigenvalue weighted by Gasteiger charge is 2.33. The number of hydrogen-bond acceptors (Lipinski definition) is 4. The summed E-state index contributed by atoms with van der Waals surface area (Å²) >= 11 is 0. The minimum atomic E-state index is -4.64. The first-order valence-electron chi connectivity index (χ1n) is 8.92. The lowest BCUT2D eigenvalue weighted by molar-refractivity contribution is -0.137. The molecule has 0 aliphatic carbocycles. The Balaban J connectivity index is 1.99. The van der Waals surface area contributed by atoms with E-state index in [1.807, 2.05) is 0 Å². The Morgan fingerprint density at radius 3 is 2.23 bits per heavy atom. The number of nitrogens with one attached hydrogen (secondary N) is 2. The minimum Gasteiger partial charge on any atom is -0.452 e. The van der Waals surface area contributed by atoms with E-state index in [0.717, 1.165) is 12.1 Å².